The van der Waals surface area contributed by atoms with Crippen molar-refractivity contribution in [2.45, 2.75) is 19.4 Å². The summed E-state index contributed by atoms with van der Waals surface area (Å²) in [6.07, 6.45) is 0.446. The highest BCUT2D eigenvalue weighted by atomic mass is 16.5. The smallest absolute Gasteiger partial charge is 0.150 e. The highest BCUT2D eigenvalue weighted by Crippen LogP contribution is 2.49. The average Bonchev–Trinajstić information content (AvgIpc) is 2.72. The molecule has 3 aromatic carbocycles. The molecule has 2 N–H and O–H groups in total. The van der Waals surface area contributed by atoms with E-state index in [0.29, 0.717) is 0 Å². The fourth-order valence-corrected chi connectivity index (χ4v) is 3.73. The van der Waals surface area contributed by atoms with E-state index in [2.05, 4.69) is 6.92 Å². The molecule has 1 aliphatic rings. The number of hydrogen-bond donors (Lipinski definition) is 2. The van der Waals surface area contributed by atoms with Crippen LogP contribution < -0.4 is 9.47 Å². The number of benzene rings is 3. The molecule has 4 nitrogen and oxygen atoms in total. The van der Waals surface area contributed by atoms with Gasteiger partial charge < -0.3 is 19.7 Å². The number of ether oxygens (including phenoxy) is 2. The second-order valence-corrected chi connectivity index (χ2v) is 6.75. The van der Waals surface area contributed by atoms with Gasteiger partial charge in [-0.3, -0.25) is 0 Å². The first-order valence-electron chi connectivity index (χ1n) is 9.27. The van der Waals surface area contributed by atoms with E-state index in [1.54, 1.807) is 31.4 Å². The second-order valence-electron chi connectivity index (χ2n) is 6.75. The van der Waals surface area contributed by atoms with Gasteiger partial charge in [-0.05, 0) is 65.6 Å². The lowest BCUT2D eigenvalue weighted by Crippen LogP contribution is -2.17. The molecule has 0 saturated carbocycles. The zero-order valence-electron chi connectivity index (χ0n) is 15.8. The van der Waals surface area contributed by atoms with Crippen LogP contribution in [0, 0.1) is 0 Å². The van der Waals surface area contributed by atoms with Crippen molar-refractivity contribution in [1.82, 2.24) is 0 Å². The molecule has 0 aliphatic carbocycles. The van der Waals surface area contributed by atoms with Crippen LogP contribution in [-0.4, -0.2) is 17.3 Å². The monoisotopic (exact) mass is 374 g/mol. The minimum Gasteiger partial charge on any atom is -0.508 e. The van der Waals surface area contributed by atoms with Crippen molar-refractivity contribution >= 4 is 11.1 Å². The van der Waals surface area contributed by atoms with Gasteiger partial charge in [-0.15, -0.1) is 0 Å². The summed E-state index contributed by atoms with van der Waals surface area (Å²) in [6, 6.07) is 20.1. The predicted octanol–water partition coefficient (Wildman–Crippen LogP) is 5.56. The van der Waals surface area contributed by atoms with Crippen molar-refractivity contribution in [1.29, 1.82) is 0 Å². The Balaban J connectivity index is 1.97. The maximum absolute atomic E-state index is 10.1. The molecule has 0 amide bonds. The lowest BCUT2D eigenvalue weighted by molar-refractivity contribution is 0.259. The van der Waals surface area contributed by atoms with Gasteiger partial charge in [-0.2, -0.15) is 0 Å². The Labute approximate surface area is 164 Å². The summed E-state index contributed by atoms with van der Waals surface area (Å²) in [5.41, 5.74) is 4.98. The molecule has 0 fully saturated rings. The Morgan fingerprint density at radius 2 is 1.71 bits per heavy atom. The van der Waals surface area contributed by atoms with Crippen LogP contribution in [0.2, 0.25) is 0 Å². The van der Waals surface area contributed by atoms with E-state index in [9.17, 15) is 10.2 Å². The average molecular weight is 374 g/mol. The number of allylic oxidation sites excluding steroid dienone is 1. The van der Waals surface area contributed by atoms with Gasteiger partial charge in [0.25, 0.3) is 0 Å². The van der Waals surface area contributed by atoms with E-state index >= 15 is 0 Å². The van der Waals surface area contributed by atoms with Crippen molar-refractivity contribution in [3.8, 4) is 23.0 Å². The summed E-state index contributed by atoms with van der Waals surface area (Å²) in [7, 11) is 1.65. The first kappa shape index (κ1) is 18.0. The van der Waals surface area contributed by atoms with Gasteiger partial charge in [0, 0.05) is 11.1 Å². The molecule has 0 bridgehead atoms. The van der Waals surface area contributed by atoms with E-state index in [-0.39, 0.29) is 17.6 Å². The van der Waals surface area contributed by atoms with E-state index in [1.807, 2.05) is 42.5 Å². The standard InChI is InChI=1S/C24H22O4/c1-3-20-21-14-19(27-2)11-12-22(21)28-24(15-7-9-17(25)10-8-15)23(20)16-5-4-6-18(26)13-16/h4-14,24-26H,3H2,1-2H3. The summed E-state index contributed by atoms with van der Waals surface area (Å²) < 4.78 is 11.8. The van der Waals surface area contributed by atoms with Gasteiger partial charge in [0.15, 0.2) is 0 Å². The number of rotatable bonds is 4. The summed E-state index contributed by atoms with van der Waals surface area (Å²) in [5, 5.41) is 19.7. The topological polar surface area (TPSA) is 58.9 Å². The van der Waals surface area contributed by atoms with E-state index in [4.69, 9.17) is 9.47 Å². The van der Waals surface area contributed by atoms with Crippen molar-refractivity contribution in [2.24, 2.45) is 0 Å². The minimum atomic E-state index is -0.349. The van der Waals surface area contributed by atoms with Gasteiger partial charge in [-0.25, -0.2) is 0 Å². The van der Waals surface area contributed by atoms with Crippen LogP contribution in [0.1, 0.15) is 36.1 Å². The Morgan fingerprint density at radius 1 is 0.929 bits per heavy atom. The van der Waals surface area contributed by atoms with Crippen molar-refractivity contribution < 1.29 is 19.7 Å². The number of phenolic OH excluding ortho intramolecular Hbond substituents is 2. The highest BCUT2D eigenvalue weighted by Gasteiger charge is 2.30. The van der Waals surface area contributed by atoms with Crippen LogP contribution in [0.3, 0.4) is 0 Å². The fourth-order valence-electron chi connectivity index (χ4n) is 3.73. The normalized spacial score (nSPS) is 15.7. The Bertz CT molecular complexity index is 1030. The van der Waals surface area contributed by atoms with Gasteiger partial charge >= 0.3 is 0 Å². The van der Waals surface area contributed by atoms with Crippen molar-refractivity contribution in [3.05, 3.63) is 83.4 Å². The molecule has 1 heterocycles. The SMILES string of the molecule is CCC1=C(c2cccc(O)c2)C(c2ccc(O)cc2)Oc2ccc(OC)cc21. The van der Waals surface area contributed by atoms with Gasteiger partial charge in [0.2, 0.25) is 0 Å². The first-order valence-corrected chi connectivity index (χ1v) is 9.27. The molecule has 4 rings (SSSR count). The minimum absolute atomic E-state index is 0.210. The van der Waals surface area contributed by atoms with Crippen LogP contribution in [-0.2, 0) is 0 Å². The molecular formula is C24H22O4. The van der Waals surface area contributed by atoms with Crippen LogP contribution in [0.5, 0.6) is 23.0 Å². The number of fused-ring (bicyclic) bond motifs is 1. The van der Waals surface area contributed by atoms with Crippen LogP contribution in [0.25, 0.3) is 11.1 Å². The molecule has 28 heavy (non-hydrogen) atoms. The third kappa shape index (κ3) is 3.18. The summed E-state index contributed by atoms with van der Waals surface area (Å²) in [4.78, 5) is 0. The lowest BCUT2D eigenvalue weighted by atomic mass is 9.84. The summed E-state index contributed by atoms with van der Waals surface area (Å²) in [6.45, 7) is 2.11. The number of hydrogen-bond acceptors (Lipinski definition) is 4. The van der Waals surface area contributed by atoms with E-state index in [1.165, 1.54) is 0 Å². The van der Waals surface area contributed by atoms with Crippen molar-refractivity contribution in [2.75, 3.05) is 7.11 Å². The van der Waals surface area contributed by atoms with E-state index in [0.717, 1.165) is 45.8 Å². The quantitative estimate of drug-likeness (QED) is 0.628. The highest BCUT2D eigenvalue weighted by molar-refractivity contribution is 5.96. The molecule has 1 atom stereocenters. The molecule has 1 aliphatic heterocycles. The first-order chi connectivity index (χ1) is 13.6. The molecule has 0 spiro atoms. The zero-order chi connectivity index (χ0) is 19.7. The molecule has 1 unspecified atom stereocenters. The molecule has 0 radical (unpaired) electrons. The third-order valence-electron chi connectivity index (χ3n) is 5.05. The largest absolute Gasteiger partial charge is 0.508 e. The second kappa shape index (κ2) is 7.31. The van der Waals surface area contributed by atoms with Gasteiger partial charge in [-0.1, -0.05) is 31.2 Å². The summed E-state index contributed by atoms with van der Waals surface area (Å²) in [5.74, 6) is 1.98. The predicted molar refractivity (Wildman–Crippen MR) is 110 cm³/mol. The molecule has 142 valence electrons. The van der Waals surface area contributed by atoms with Gasteiger partial charge in [0.05, 0.1) is 7.11 Å². The molecule has 3 aromatic rings. The van der Waals surface area contributed by atoms with Gasteiger partial charge in [0.1, 0.15) is 29.1 Å². The van der Waals surface area contributed by atoms with E-state index < -0.39 is 0 Å². The molecule has 0 aromatic heterocycles. The Hall–Kier alpha value is -3.40. The van der Waals surface area contributed by atoms with Crippen molar-refractivity contribution in [3.63, 3.8) is 0 Å². The number of phenols is 2. The fraction of sp³-hybridized carbons (Fsp3) is 0.167. The molecule has 0 saturated heterocycles. The molecular weight excluding hydrogens is 352 g/mol. The maximum Gasteiger partial charge on any atom is 0.150 e. The van der Waals surface area contributed by atoms with Crippen LogP contribution >= 0.6 is 0 Å². The third-order valence-corrected chi connectivity index (χ3v) is 5.05. The van der Waals surface area contributed by atoms with Crippen LogP contribution in [0.4, 0.5) is 0 Å². The molecule has 4 heteroatoms. The Kier molecular flexibility index (Phi) is 4.70. The number of methoxy groups -OCH3 is 1. The zero-order valence-corrected chi connectivity index (χ0v) is 15.8. The van der Waals surface area contributed by atoms with Crippen LogP contribution in [0.15, 0.2) is 66.7 Å². The lowest BCUT2D eigenvalue weighted by Gasteiger charge is -2.32. The Morgan fingerprint density at radius 3 is 2.39 bits per heavy atom. The summed E-state index contributed by atoms with van der Waals surface area (Å²) >= 11 is 0. The number of aromatic hydroxyl groups is 2. The maximum atomic E-state index is 10.1.